The molecule has 0 heterocycles. The summed E-state index contributed by atoms with van der Waals surface area (Å²) in [6.07, 6.45) is 0. The fraction of sp³-hybridized carbons (Fsp3) is 0.250. The summed E-state index contributed by atoms with van der Waals surface area (Å²) >= 11 is 0. The molecule has 2 nitrogen and oxygen atoms in total. The van der Waals surface area contributed by atoms with E-state index in [1.807, 2.05) is 7.05 Å². The summed E-state index contributed by atoms with van der Waals surface area (Å²) in [5, 5.41) is 6.61. The molecule has 0 aliphatic carbocycles. The Morgan fingerprint density at radius 3 is 2.33 bits per heavy atom. The lowest BCUT2D eigenvalue weighted by atomic mass is 10.1. The van der Waals surface area contributed by atoms with Gasteiger partial charge in [0, 0.05) is 25.8 Å². The van der Waals surface area contributed by atoms with Crippen molar-refractivity contribution in [3.05, 3.63) is 65.2 Å². The van der Waals surface area contributed by atoms with Crippen LogP contribution in [0.4, 0.5) is 5.69 Å². The summed E-state index contributed by atoms with van der Waals surface area (Å²) in [6, 6.07) is 17.1. The first kappa shape index (κ1) is 12.7. The summed E-state index contributed by atoms with van der Waals surface area (Å²) in [5.74, 6) is 0. The van der Waals surface area contributed by atoms with Crippen molar-refractivity contribution < 1.29 is 0 Å². The molecule has 2 rings (SSSR count). The van der Waals surface area contributed by atoms with Crippen LogP contribution in [0.2, 0.25) is 0 Å². The lowest BCUT2D eigenvalue weighted by Crippen LogP contribution is -2.12. The van der Waals surface area contributed by atoms with Crippen LogP contribution in [0.3, 0.4) is 0 Å². The molecular formula is C16H20N2. The minimum atomic E-state index is 0.892. The number of anilines is 1. The van der Waals surface area contributed by atoms with Crippen molar-refractivity contribution in [2.45, 2.75) is 20.0 Å². The lowest BCUT2D eigenvalue weighted by Gasteiger charge is -2.07. The van der Waals surface area contributed by atoms with E-state index in [-0.39, 0.29) is 0 Å². The van der Waals surface area contributed by atoms with Crippen LogP contribution in [0, 0.1) is 6.92 Å². The zero-order chi connectivity index (χ0) is 12.8. The van der Waals surface area contributed by atoms with Crippen LogP contribution in [0.25, 0.3) is 0 Å². The molecule has 0 atom stereocenters. The topological polar surface area (TPSA) is 24.1 Å². The zero-order valence-electron chi connectivity index (χ0n) is 11.0. The van der Waals surface area contributed by atoms with Crippen molar-refractivity contribution in [2.75, 3.05) is 12.4 Å². The number of rotatable bonds is 5. The van der Waals surface area contributed by atoms with Gasteiger partial charge >= 0.3 is 0 Å². The Hall–Kier alpha value is -1.80. The van der Waals surface area contributed by atoms with Crippen molar-refractivity contribution >= 4 is 5.69 Å². The average Bonchev–Trinajstić information content (AvgIpc) is 2.41. The first-order valence-electron chi connectivity index (χ1n) is 6.31. The highest BCUT2D eigenvalue weighted by molar-refractivity contribution is 5.44. The molecule has 0 radical (unpaired) electrons. The van der Waals surface area contributed by atoms with Gasteiger partial charge in [-0.1, -0.05) is 42.0 Å². The SMILES string of the molecule is CNc1cccc(CNCc2ccc(C)cc2)c1. The number of aryl methyl sites for hydroxylation is 1. The van der Waals surface area contributed by atoms with Gasteiger partial charge < -0.3 is 10.6 Å². The first-order valence-corrected chi connectivity index (χ1v) is 6.31. The Labute approximate surface area is 109 Å². The van der Waals surface area contributed by atoms with Crippen molar-refractivity contribution in [1.29, 1.82) is 0 Å². The molecule has 2 heteroatoms. The zero-order valence-corrected chi connectivity index (χ0v) is 11.0. The summed E-state index contributed by atoms with van der Waals surface area (Å²) < 4.78 is 0. The Bertz CT molecular complexity index is 489. The van der Waals surface area contributed by atoms with Gasteiger partial charge in [0.25, 0.3) is 0 Å². The van der Waals surface area contributed by atoms with Crippen molar-refractivity contribution in [1.82, 2.24) is 5.32 Å². The lowest BCUT2D eigenvalue weighted by molar-refractivity contribution is 0.693. The van der Waals surface area contributed by atoms with Crippen molar-refractivity contribution in [3.63, 3.8) is 0 Å². The third-order valence-electron chi connectivity index (χ3n) is 2.99. The molecule has 0 aromatic heterocycles. The molecule has 0 spiro atoms. The first-order chi connectivity index (χ1) is 8.78. The van der Waals surface area contributed by atoms with Crippen molar-refractivity contribution in [3.8, 4) is 0 Å². The second-order valence-electron chi connectivity index (χ2n) is 4.54. The van der Waals surface area contributed by atoms with E-state index in [2.05, 4.69) is 66.1 Å². The van der Waals surface area contributed by atoms with E-state index in [4.69, 9.17) is 0 Å². The van der Waals surface area contributed by atoms with Gasteiger partial charge in [-0.2, -0.15) is 0 Å². The molecule has 2 aromatic carbocycles. The number of hydrogen-bond acceptors (Lipinski definition) is 2. The normalized spacial score (nSPS) is 10.3. The number of benzene rings is 2. The Kier molecular flexibility index (Phi) is 4.37. The minimum absolute atomic E-state index is 0.892. The molecule has 0 aliphatic rings. The predicted molar refractivity (Wildman–Crippen MR) is 77.7 cm³/mol. The molecular weight excluding hydrogens is 220 g/mol. The van der Waals surface area contributed by atoms with Crippen LogP contribution in [0.15, 0.2) is 48.5 Å². The quantitative estimate of drug-likeness (QED) is 0.837. The fourth-order valence-corrected chi connectivity index (χ4v) is 1.89. The van der Waals surface area contributed by atoms with Gasteiger partial charge in [0.15, 0.2) is 0 Å². The van der Waals surface area contributed by atoms with Crippen LogP contribution in [-0.2, 0) is 13.1 Å². The maximum atomic E-state index is 3.46. The van der Waals surface area contributed by atoms with Crippen LogP contribution >= 0.6 is 0 Å². The van der Waals surface area contributed by atoms with E-state index in [1.165, 1.54) is 16.7 Å². The number of hydrogen-bond donors (Lipinski definition) is 2. The highest BCUT2D eigenvalue weighted by Gasteiger charge is 1.95. The molecule has 0 fully saturated rings. The molecule has 0 unspecified atom stereocenters. The highest BCUT2D eigenvalue weighted by Crippen LogP contribution is 2.09. The molecule has 94 valence electrons. The molecule has 0 saturated heterocycles. The Morgan fingerprint density at radius 1 is 0.889 bits per heavy atom. The van der Waals surface area contributed by atoms with E-state index >= 15 is 0 Å². The number of nitrogens with one attached hydrogen (secondary N) is 2. The summed E-state index contributed by atoms with van der Waals surface area (Å²) in [4.78, 5) is 0. The average molecular weight is 240 g/mol. The molecule has 2 aromatic rings. The monoisotopic (exact) mass is 240 g/mol. The maximum absolute atomic E-state index is 3.46. The van der Waals surface area contributed by atoms with E-state index in [1.54, 1.807) is 0 Å². The minimum Gasteiger partial charge on any atom is -0.388 e. The van der Waals surface area contributed by atoms with Gasteiger partial charge in [0.05, 0.1) is 0 Å². The van der Waals surface area contributed by atoms with Crippen LogP contribution < -0.4 is 10.6 Å². The highest BCUT2D eigenvalue weighted by atomic mass is 14.9. The smallest absolute Gasteiger partial charge is 0.0340 e. The van der Waals surface area contributed by atoms with Gasteiger partial charge in [0.1, 0.15) is 0 Å². The largest absolute Gasteiger partial charge is 0.388 e. The third kappa shape index (κ3) is 3.60. The molecule has 0 bridgehead atoms. The molecule has 0 aliphatic heterocycles. The summed E-state index contributed by atoms with van der Waals surface area (Å²) in [6.45, 7) is 3.91. The van der Waals surface area contributed by atoms with E-state index < -0.39 is 0 Å². The Morgan fingerprint density at radius 2 is 1.61 bits per heavy atom. The van der Waals surface area contributed by atoms with Gasteiger partial charge in [-0.25, -0.2) is 0 Å². The predicted octanol–water partition coefficient (Wildman–Crippen LogP) is 3.33. The van der Waals surface area contributed by atoms with Gasteiger partial charge in [-0.3, -0.25) is 0 Å². The van der Waals surface area contributed by atoms with Gasteiger partial charge in [-0.15, -0.1) is 0 Å². The molecule has 18 heavy (non-hydrogen) atoms. The second-order valence-corrected chi connectivity index (χ2v) is 4.54. The second kappa shape index (κ2) is 6.22. The van der Waals surface area contributed by atoms with Crippen LogP contribution in [0.5, 0.6) is 0 Å². The van der Waals surface area contributed by atoms with Gasteiger partial charge in [0.2, 0.25) is 0 Å². The van der Waals surface area contributed by atoms with Gasteiger partial charge in [-0.05, 0) is 30.2 Å². The van der Waals surface area contributed by atoms with Crippen LogP contribution in [0.1, 0.15) is 16.7 Å². The molecule has 2 N–H and O–H groups in total. The maximum Gasteiger partial charge on any atom is 0.0340 e. The van der Waals surface area contributed by atoms with Crippen molar-refractivity contribution in [2.24, 2.45) is 0 Å². The molecule has 0 saturated carbocycles. The summed E-state index contributed by atoms with van der Waals surface area (Å²) in [5.41, 5.74) is 5.09. The Balaban J connectivity index is 1.86. The fourth-order valence-electron chi connectivity index (χ4n) is 1.89. The van der Waals surface area contributed by atoms with Crippen LogP contribution in [-0.4, -0.2) is 7.05 Å². The van der Waals surface area contributed by atoms with E-state index in [9.17, 15) is 0 Å². The third-order valence-corrected chi connectivity index (χ3v) is 2.99. The summed E-state index contributed by atoms with van der Waals surface area (Å²) in [7, 11) is 1.94. The van der Waals surface area contributed by atoms with E-state index in [0.29, 0.717) is 0 Å². The molecule has 0 amide bonds. The van der Waals surface area contributed by atoms with E-state index in [0.717, 1.165) is 18.8 Å². The standard InChI is InChI=1S/C16H20N2/c1-13-6-8-14(9-7-13)11-18-12-15-4-3-5-16(10-15)17-2/h3-10,17-18H,11-12H2,1-2H3.